The van der Waals surface area contributed by atoms with E-state index in [2.05, 4.69) is 29.5 Å². The zero-order valence-corrected chi connectivity index (χ0v) is 14.5. The van der Waals surface area contributed by atoms with Gasteiger partial charge in [0.05, 0.1) is 6.10 Å². The lowest BCUT2D eigenvalue weighted by molar-refractivity contribution is -0.106. The molecule has 1 aliphatic heterocycles. The average Bonchev–Trinajstić information content (AvgIpc) is 3.17. The van der Waals surface area contributed by atoms with Crippen LogP contribution in [0.1, 0.15) is 43.5 Å². The third-order valence-electron chi connectivity index (χ3n) is 5.03. The quantitative estimate of drug-likeness (QED) is 0.555. The van der Waals surface area contributed by atoms with Crippen LogP contribution in [0.4, 0.5) is 0 Å². The Morgan fingerprint density at radius 2 is 2.25 bits per heavy atom. The number of rotatable bonds is 5. The molecule has 3 atom stereocenters. The van der Waals surface area contributed by atoms with Crippen molar-refractivity contribution in [2.45, 2.75) is 45.9 Å². The zero-order valence-electron chi connectivity index (χ0n) is 14.5. The summed E-state index contributed by atoms with van der Waals surface area (Å²) in [4.78, 5) is 15.6. The van der Waals surface area contributed by atoms with Crippen LogP contribution in [-0.2, 0) is 11.3 Å². The van der Waals surface area contributed by atoms with Crippen molar-refractivity contribution in [1.29, 1.82) is 0 Å². The van der Waals surface area contributed by atoms with Crippen molar-refractivity contribution in [1.82, 2.24) is 10.6 Å². The van der Waals surface area contributed by atoms with Crippen LogP contribution < -0.4 is 16.4 Å². The van der Waals surface area contributed by atoms with Crippen molar-refractivity contribution in [3.8, 4) is 0 Å². The van der Waals surface area contributed by atoms with Gasteiger partial charge in [-0.05, 0) is 25.5 Å². The Morgan fingerprint density at radius 3 is 2.92 bits per heavy atom. The average molecular weight is 334 g/mol. The van der Waals surface area contributed by atoms with Crippen LogP contribution >= 0.6 is 0 Å². The zero-order chi connectivity index (χ0) is 17.3. The Kier molecular flexibility index (Phi) is 4.54. The standard InChI is InChI=1S/C17H26N4O3/c1-4-19-16(20-9-10-5-6-12(24-10)15(18)22)21-13-11-7-8-23-14(11)17(13,2)3/h5-6,11,13-14H,4,7-9H2,1-3H3,(H2,18,22)(H2,19,20,21). The van der Waals surface area contributed by atoms with Crippen molar-refractivity contribution < 1.29 is 13.9 Å². The number of guanidine groups is 1. The Bertz CT molecular complexity index is 638. The summed E-state index contributed by atoms with van der Waals surface area (Å²) >= 11 is 0. The fourth-order valence-electron chi connectivity index (χ4n) is 3.84. The molecule has 2 fully saturated rings. The van der Waals surface area contributed by atoms with Gasteiger partial charge in [-0.1, -0.05) is 13.8 Å². The number of amides is 1. The number of fused-ring (bicyclic) bond motifs is 1. The van der Waals surface area contributed by atoms with Crippen LogP contribution in [0, 0.1) is 11.3 Å². The van der Waals surface area contributed by atoms with Crippen LogP contribution in [0.5, 0.6) is 0 Å². The van der Waals surface area contributed by atoms with Gasteiger partial charge < -0.3 is 25.5 Å². The lowest BCUT2D eigenvalue weighted by atomic mass is 9.57. The van der Waals surface area contributed by atoms with E-state index >= 15 is 0 Å². The van der Waals surface area contributed by atoms with Crippen molar-refractivity contribution >= 4 is 11.9 Å². The number of nitrogens with one attached hydrogen (secondary N) is 2. The van der Waals surface area contributed by atoms with Crippen LogP contribution in [0.25, 0.3) is 0 Å². The largest absolute Gasteiger partial charge is 0.454 e. The molecule has 0 spiro atoms. The number of nitrogens with two attached hydrogens (primary N) is 1. The number of furan rings is 1. The summed E-state index contributed by atoms with van der Waals surface area (Å²) in [6.07, 6.45) is 1.42. The summed E-state index contributed by atoms with van der Waals surface area (Å²) in [5.74, 6) is 1.48. The summed E-state index contributed by atoms with van der Waals surface area (Å²) in [7, 11) is 0. The summed E-state index contributed by atoms with van der Waals surface area (Å²) in [6, 6.07) is 3.63. The van der Waals surface area contributed by atoms with Gasteiger partial charge in [0.25, 0.3) is 5.91 Å². The Morgan fingerprint density at radius 1 is 1.46 bits per heavy atom. The van der Waals surface area contributed by atoms with Crippen LogP contribution in [0.15, 0.2) is 21.5 Å². The minimum absolute atomic E-state index is 0.0845. The van der Waals surface area contributed by atoms with Crippen molar-refractivity contribution in [2.24, 2.45) is 22.1 Å². The minimum Gasteiger partial charge on any atom is -0.454 e. The van der Waals surface area contributed by atoms with E-state index < -0.39 is 5.91 Å². The molecular weight excluding hydrogens is 308 g/mol. The first-order valence-electron chi connectivity index (χ1n) is 8.48. The number of hydrogen-bond acceptors (Lipinski definition) is 4. The number of primary amides is 1. The summed E-state index contributed by atoms with van der Waals surface area (Å²) in [6.45, 7) is 8.45. The molecule has 1 saturated carbocycles. The molecule has 4 N–H and O–H groups in total. The van der Waals surface area contributed by atoms with Gasteiger partial charge in [0.15, 0.2) is 11.7 Å². The van der Waals surface area contributed by atoms with Crippen LogP contribution in [0.2, 0.25) is 0 Å². The maximum absolute atomic E-state index is 11.1. The number of nitrogens with zero attached hydrogens (tertiary/aromatic N) is 1. The molecule has 1 saturated heterocycles. The summed E-state index contributed by atoms with van der Waals surface area (Å²) in [5.41, 5.74) is 5.28. The van der Waals surface area contributed by atoms with E-state index in [1.54, 1.807) is 12.1 Å². The molecule has 1 aromatic rings. The van der Waals surface area contributed by atoms with Gasteiger partial charge in [-0.3, -0.25) is 4.79 Å². The van der Waals surface area contributed by atoms with E-state index in [0.29, 0.717) is 30.4 Å². The van der Waals surface area contributed by atoms with E-state index in [0.717, 1.165) is 25.5 Å². The molecule has 0 bridgehead atoms. The van der Waals surface area contributed by atoms with Gasteiger partial charge in [-0.15, -0.1) is 0 Å². The van der Waals surface area contributed by atoms with Crippen molar-refractivity contribution in [3.05, 3.63) is 23.7 Å². The third-order valence-corrected chi connectivity index (χ3v) is 5.03. The van der Waals surface area contributed by atoms with Crippen molar-refractivity contribution in [2.75, 3.05) is 13.2 Å². The van der Waals surface area contributed by atoms with Gasteiger partial charge in [-0.25, -0.2) is 4.99 Å². The molecular formula is C17H26N4O3. The highest BCUT2D eigenvalue weighted by molar-refractivity contribution is 5.89. The molecule has 24 heavy (non-hydrogen) atoms. The molecule has 1 amide bonds. The fraction of sp³-hybridized carbons (Fsp3) is 0.647. The highest BCUT2D eigenvalue weighted by Crippen LogP contribution is 2.52. The molecule has 1 aliphatic carbocycles. The highest BCUT2D eigenvalue weighted by Gasteiger charge is 2.59. The second kappa shape index (κ2) is 6.47. The normalized spacial score (nSPS) is 28.1. The highest BCUT2D eigenvalue weighted by atomic mass is 16.5. The Hall–Kier alpha value is -2.02. The number of ether oxygens (including phenoxy) is 1. The third kappa shape index (κ3) is 3.00. The summed E-state index contributed by atoms with van der Waals surface area (Å²) in [5, 5.41) is 6.81. The summed E-state index contributed by atoms with van der Waals surface area (Å²) < 4.78 is 11.2. The van der Waals surface area contributed by atoms with Crippen LogP contribution in [0.3, 0.4) is 0 Å². The Labute approximate surface area is 142 Å². The molecule has 7 heteroatoms. The van der Waals surface area contributed by atoms with Gasteiger partial charge in [0, 0.05) is 30.5 Å². The topological polar surface area (TPSA) is 102 Å². The van der Waals surface area contributed by atoms with E-state index in [1.807, 2.05) is 6.92 Å². The van der Waals surface area contributed by atoms with Gasteiger partial charge in [0.1, 0.15) is 12.3 Å². The minimum atomic E-state index is -0.571. The molecule has 3 rings (SSSR count). The lowest BCUT2D eigenvalue weighted by Gasteiger charge is -2.54. The molecule has 132 valence electrons. The van der Waals surface area contributed by atoms with Crippen molar-refractivity contribution in [3.63, 3.8) is 0 Å². The molecule has 2 aliphatic rings. The van der Waals surface area contributed by atoms with Gasteiger partial charge >= 0.3 is 0 Å². The Balaban J connectivity index is 1.66. The molecule has 7 nitrogen and oxygen atoms in total. The maximum Gasteiger partial charge on any atom is 0.284 e. The number of aliphatic imine (C=N–C) groups is 1. The van der Waals surface area contributed by atoms with E-state index in [4.69, 9.17) is 14.9 Å². The second-order valence-corrected chi connectivity index (χ2v) is 7.01. The molecule has 0 aromatic carbocycles. The first kappa shape index (κ1) is 16.8. The monoisotopic (exact) mass is 334 g/mol. The fourth-order valence-corrected chi connectivity index (χ4v) is 3.84. The SMILES string of the molecule is CCNC(=NCc1ccc(C(N)=O)o1)NC1C2CCOC2C1(C)C. The first-order valence-corrected chi connectivity index (χ1v) is 8.48. The van der Waals surface area contributed by atoms with E-state index in [1.165, 1.54) is 0 Å². The predicted molar refractivity (Wildman–Crippen MR) is 90.6 cm³/mol. The molecule has 3 unspecified atom stereocenters. The molecule has 2 heterocycles. The predicted octanol–water partition coefficient (Wildman–Crippen LogP) is 1.25. The van der Waals surface area contributed by atoms with Crippen LogP contribution in [-0.4, -0.2) is 37.2 Å². The first-order chi connectivity index (χ1) is 11.4. The number of carbonyl (C=O) groups excluding carboxylic acids is 1. The number of carbonyl (C=O) groups is 1. The molecule has 0 radical (unpaired) electrons. The lowest BCUT2D eigenvalue weighted by Crippen LogP contribution is -2.67. The second-order valence-electron chi connectivity index (χ2n) is 7.01. The van der Waals surface area contributed by atoms with Gasteiger partial charge in [-0.2, -0.15) is 0 Å². The number of hydrogen-bond donors (Lipinski definition) is 3. The van der Waals surface area contributed by atoms with E-state index in [9.17, 15) is 4.79 Å². The molecule has 1 aromatic heterocycles. The van der Waals surface area contributed by atoms with Gasteiger partial charge in [0.2, 0.25) is 0 Å². The smallest absolute Gasteiger partial charge is 0.284 e. The van der Waals surface area contributed by atoms with E-state index in [-0.39, 0.29) is 11.2 Å². The maximum atomic E-state index is 11.1.